The fourth-order valence-corrected chi connectivity index (χ4v) is 5.58. The minimum absolute atomic E-state index is 0.00329. The third-order valence-corrected chi connectivity index (χ3v) is 7.64. The van der Waals surface area contributed by atoms with Crippen LogP contribution < -0.4 is 15.1 Å². The first-order valence-corrected chi connectivity index (χ1v) is 13.0. The summed E-state index contributed by atoms with van der Waals surface area (Å²) >= 11 is 6.41. The number of rotatable bonds is 7. The third-order valence-electron chi connectivity index (χ3n) is 5.86. The smallest absolute Gasteiger partial charge is 0.339 e. The molecule has 7 nitrogen and oxygen atoms in total. The Balaban J connectivity index is 1.63. The molecule has 0 fully saturated rings. The van der Waals surface area contributed by atoms with E-state index in [-0.39, 0.29) is 33.6 Å². The molecule has 0 bridgehead atoms. The maximum Gasteiger partial charge on any atom is 0.339 e. The average Bonchev–Trinajstić information content (AvgIpc) is 3.25. The number of halogens is 1. The van der Waals surface area contributed by atoms with E-state index in [1.807, 2.05) is 20.8 Å². The second-order valence-electron chi connectivity index (χ2n) is 9.02. The van der Waals surface area contributed by atoms with E-state index in [4.69, 9.17) is 20.8 Å². The molecule has 9 heteroatoms. The van der Waals surface area contributed by atoms with Gasteiger partial charge in [-0.3, -0.25) is 0 Å². The molecule has 4 rings (SSSR count). The van der Waals surface area contributed by atoms with Crippen LogP contribution in [0.5, 0.6) is 5.75 Å². The Hall–Kier alpha value is -2.68. The van der Waals surface area contributed by atoms with E-state index >= 15 is 0 Å². The lowest BCUT2D eigenvalue weighted by Gasteiger charge is -2.20. The van der Waals surface area contributed by atoms with Crippen LogP contribution in [-0.2, 0) is 27.7 Å². The van der Waals surface area contributed by atoms with Gasteiger partial charge in [0.25, 0.3) is 0 Å². The summed E-state index contributed by atoms with van der Waals surface area (Å²) in [6, 6.07) is 8.24. The summed E-state index contributed by atoms with van der Waals surface area (Å²) < 4.78 is 39.2. The molecule has 34 heavy (non-hydrogen) atoms. The molecule has 0 radical (unpaired) electrons. The molecule has 1 heterocycles. The van der Waals surface area contributed by atoms with Gasteiger partial charge in [0.1, 0.15) is 11.6 Å². The van der Waals surface area contributed by atoms with Crippen molar-refractivity contribution in [3.63, 3.8) is 0 Å². The van der Waals surface area contributed by atoms with Gasteiger partial charge in [-0.25, -0.2) is 18.0 Å². The first kappa shape index (κ1) is 24.4. The van der Waals surface area contributed by atoms with E-state index in [1.165, 1.54) is 18.2 Å². The minimum atomic E-state index is -3.96. The number of aryl methyl sites for hydroxylation is 2. The highest BCUT2D eigenvalue weighted by Crippen LogP contribution is 2.35. The van der Waals surface area contributed by atoms with Crippen molar-refractivity contribution < 1.29 is 22.4 Å². The Kier molecular flexibility index (Phi) is 6.85. The third kappa shape index (κ3) is 5.04. The van der Waals surface area contributed by atoms with Crippen LogP contribution in [0.4, 0.5) is 0 Å². The quantitative estimate of drug-likeness (QED) is 0.288. The summed E-state index contributed by atoms with van der Waals surface area (Å²) in [6.07, 6.45) is 2.51. The second kappa shape index (κ2) is 9.52. The van der Waals surface area contributed by atoms with Gasteiger partial charge in [-0.1, -0.05) is 43.1 Å². The van der Waals surface area contributed by atoms with Crippen LogP contribution >= 0.6 is 11.6 Å². The molecule has 1 aliphatic carbocycles. The van der Waals surface area contributed by atoms with Crippen LogP contribution in [0.25, 0.3) is 11.0 Å². The second-order valence-corrected chi connectivity index (χ2v) is 11.1. The highest BCUT2D eigenvalue weighted by molar-refractivity contribution is 7.89. The van der Waals surface area contributed by atoms with Gasteiger partial charge in [0, 0.05) is 17.0 Å². The number of sulfonamides is 1. The molecule has 1 atom stereocenters. The summed E-state index contributed by atoms with van der Waals surface area (Å²) in [5, 5.41) is 0.893. The SMILES string of the molecule is Cc1ccc(S(=O)(=O)N[C@@H](CC(C)C)C(=O)Oc2cc3oc(=O)c4c(c3cc2Cl)CCC4)cc1. The fourth-order valence-electron chi connectivity index (χ4n) is 4.18. The largest absolute Gasteiger partial charge is 0.424 e. The van der Waals surface area contributed by atoms with E-state index in [0.29, 0.717) is 12.0 Å². The lowest BCUT2D eigenvalue weighted by Crippen LogP contribution is -2.43. The number of hydrogen-bond donors (Lipinski definition) is 1. The van der Waals surface area contributed by atoms with E-state index < -0.39 is 27.7 Å². The summed E-state index contributed by atoms with van der Waals surface area (Å²) in [5.74, 6) is -0.788. The van der Waals surface area contributed by atoms with Crippen molar-refractivity contribution in [1.29, 1.82) is 0 Å². The summed E-state index contributed by atoms with van der Waals surface area (Å²) in [6.45, 7) is 5.60. The molecular formula is C25H26ClNO6S. The van der Waals surface area contributed by atoms with Gasteiger partial charge >= 0.3 is 11.6 Å². The predicted molar refractivity (Wildman–Crippen MR) is 130 cm³/mol. The Labute approximate surface area is 203 Å². The van der Waals surface area contributed by atoms with Crippen LogP contribution in [0.2, 0.25) is 5.02 Å². The van der Waals surface area contributed by atoms with Crippen LogP contribution in [0.1, 0.15) is 43.4 Å². The van der Waals surface area contributed by atoms with Crippen molar-refractivity contribution in [3.8, 4) is 5.75 Å². The number of hydrogen-bond acceptors (Lipinski definition) is 6. The van der Waals surface area contributed by atoms with Crippen molar-refractivity contribution in [2.45, 2.75) is 57.4 Å². The molecule has 1 aliphatic rings. The van der Waals surface area contributed by atoms with Crippen molar-refractivity contribution in [2.75, 3.05) is 0 Å². The average molecular weight is 504 g/mol. The Morgan fingerprint density at radius 1 is 1.15 bits per heavy atom. The number of nitrogens with one attached hydrogen (secondary N) is 1. The van der Waals surface area contributed by atoms with E-state index in [0.717, 1.165) is 29.4 Å². The van der Waals surface area contributed by atoms with E-state index in [1.54, 1.807) is 18.2 Å². The van der Waals surface area contributed by atoms with Crippen LogP contribution in [0, 0.1) is 12.8 Å². The summed E-state index contributed by atoms with van der Waals surface area (Å²) in [4.78, 5) is 25.4. The molecule has 0 saturated heterocycles. The van der Waals surface area contributed by atoms with E-state index in [2.05, 4.69) is 4.72 Å². The van der Waals surface area contributed by atoms with Crippen molar-refractivity contribution in [3.05, 3.63) is 68.5 Å². The molecule has 0 saturated carbocycles. The van der Waals surface area contributed by atoms with Crippen LogP contribution in [0.3, 0.4) is 0 Å². The maximum absolute atomic E-state index is 13.1. The molecule has 0 amide bonds. The first-order chi connectivity index (χ1) is 16.0. The molecule has 2 aromatic carbocycles. The fraction of sp³-hybridized carbons (Fsp3) is 0.360. The lowest BCUT2D eigenvalue weighted by molar-refractivity contribution is -0.136. The van der Waals surface area contributed by atoms with Gasteiger partial charge in [0.05, 0.1) is 9.92 Å². The number of fused-ring (bicyclic) bond motifs is 3. The summed E-state index contributed by atoms with van der Waals surface area (Å²) in [7, 11) is -3.96. The number of carbonyl (C=O) groups excluding carboxylic acids is 1. The predicted octanol–water partition coefficient (Wildman–Crippen LogP) is 4.54. The normalized spacial score (nSPS) is 14.4. The summed E-state index contributed by atoms with van der Waals surface area (Å²) in [5.41, 5.74) is 2.37. The molecule has 0 aliphatic heterocycles. The topological polar surface area (TPSA) is 103 Å². The van der Waals surface area contributed by atoms with Crippen molar-refractivity contribution >= 4 is 38.6 Å². The van der Waals surface area contributed by atoms with Gasteiger partial charge in [0.2, 0.25) is 10.0 Å². The van der Waals surface area contributed by atoms with Gasteiger partial charge < -0.3 is 9.15 Å². The van der Waals surface area contributed by atoms with Crippen molar-refractivity contribution in [2.24, 2.45) is 5.92 Å². The monoisotopic (exact) mass is 503 g/mol. The van der Waals surface area contributed by atoms with Crippen LogP contribution in [0.15, 0.2) is 50.5 Å². The number of ether oxygens (including phenoxy) is 1. The Morgan fingerprint density at radius 3 is 2.50 bits per heavy atom. The molecule has 180 valence electrons. The van der Waals surface area contributed by atoms with Gasteiger partial charge in [0.15, 0.2) is 5.75 Å². The number of esters is 1. The first-order valence-electron chi connectivity index (χ1n) is 11.1. The Bertz CT molecular complexity index is 1410. The van der Waals surface area contributed by atoms with Gasteiger partial charge in [-0.05, 0) is 62.3 Å². The number of carbonyl (C=O) groups is 1. The molecule has 1 N–H and O–H groups in total. The minimum Gasteiger partial charge on any atom is -0.424 e. The highest BCUT2D eigenvalue weighted by atomic mass is 35.5. The zero-order valence-electron chi connectivity index (χ0n) is 19.2. The Morgan fingerprint density at radius 2 is 1.82 bits per heavy atom. The van der Waals surface area contributed by atoms with E-state index in [9.17, 15) is 18.0 Å². The molecular weight excluding hydrogens is 478 g/mol. The molecule has 0 spiro atoms. The number of benzene rings is 2. The molecule has 1 aromatic heterocycles. The van der Waals surface area contributed by atoms with Crippen LogP contribution in [-0.4, -0.2) is 20.4 Å². The highest BCUT2D eigenvalue weighted by Gasteiger charge is 2.29. The molecule has 3 aromatic rings. The van der Waals surface area contributed by atoms with Gasteiger partial charge in [-0.15, -0.1) is 0 Å². The maximum atomic E-state index is 13.1. The lowest BCUT2D eigenvalue weighted by atomic mass is 10.0. The zero-order valence-corrected chi connectivity index (χ0v) is 20.8. The van der Waals surface area contributed by atoms with Gasteiger partial charge in [-0.2, -0.15) is 4.72 Å². The van der Waals surface area contributed by atoms with Crippen molar-refractivity contribution in [1.82, 2.24) is 4.72 Å². The molecule has 0 unspecified atom stereocenters. The standard InChI is InChI=1S/C25H26ClNO6S/c1-14(2)11-21(27-34(30,31)16-9-7-15(3)8-10-16)25(29)33-23-13-22-19(12-20(23)26)17-5-4-6-18(17)24(28)32-22/h7-10,12-14,21,27H,4-6,11H2,1-3H3/t21-/m0/s1. The zero-order chi connectivity index (χ0) is 24.6.